The molecule has 0 atom stereocenters. The fourth-order valence-electron chi connectivity index (χ4n) is 2.22. The minimum Gasteiger partial charge on any atom is -0.396 e. The number of aliphatic hydroxyl groups excluding tert-OH is 1. The second-order valence-corrected chi connectivity index (χ2v) is 6.52. The van der Waals surface area contributed by atoms with Crippen molar-refractivity contribution in [2.75, 3.05) is 11.3 Å². The zero-order chi connectivity index (χ0) is 15.6. The van der Waals surface area contributed by atoms with Crippen LogP contribution in [0.2, 0.25) is 0 Å². The topological polar surface area (TPSA) is 84.2 Å². The van der Waals surface area contributed by atoms with E-state index in [1.807, 2.05) is 0 Å². The normalized spacial score (nSPS) is 11.6. The number of hydrogen-bond acceptors (Lipinski definition) is 4. The first-order chi connectivity index (χ1) is 9.85. The van der Waals surface area contributed by atoms with E-state index in [1.54, 1.807) is 49.8 Å². The Labute approximate surface area is 124 Å². The monoisotopic (exact) mass is 309 g/mol. The van der Waals surface area contributed by atoms with Gasteiger partial charge in [0.15, 0.2) is 0 Å². The van der Waals surface area contributed by atoms with Crippen molar-refractivity contribution in [3.63, 3.8) is 0 Å². The van der Waals surface area contributed by atoms with Gasteiger partial charge in [0.25, 0.3) is 10.0 Å². The molecule has 2 N–H and O–H groups in total. The Morgan fingerprint density at radius 3 is 2.33 bits per heavy atom. The van der Waals surface area contributed by atoms with Crippen LogP contribution in [0.15, 0.2) is 29.2 Å². The standard InChI is InChI=1S/C14H19N3O3S/c1-10-14(11(2)17(3)15-10)21(19,20)16-13-6-4-12(5-7-13)8-9-18/h4-7,16,18H,8-9H2,1-3H3. The van der Waals surface area contributed by atoms with Gasteiger partial charge in [-0.3, -0.25) is 9.40 Å². The fraction of sp³-hybridized carbons (Fsp3) is 0.357. The molecule has 0 saturated carbocycles. The Morgan fingerprint density at radius 1 is 1.24 bits per heavy atom. The van der Waals surface area contributed by atoms with Crippen LogP contribution < -0.4 is 4.72 Å². The highest BCUT2D eigenvalue weighted by atomic mass is 32.2. The van der Waals surface area contributed by atoms with Gasteiger partial charge in [0.2, 0.25) is 0 Å². The molecule has 6 nitrogen and oxygen atoms in total. The highest BCUT2D eigenvalue weighted by Gasteiger charge is 2.23. The van der Waals surface area contributed by atoms with Crippen LogP contribution in [-0.4, -0.2) is 29.9 Å². The van der Waals surface area contributed by atoms with E-state index in [0.29, 0.717) is 23.5 Å². The predicted octanol–water partition coefficient (Wildman–Crippen LogP) is 1.37. The molecule has 2 rings (SSSR count). The van der Waals surface area contributed by atoms with Crippen LogP contribution in [0.25, 0.3) is 0 Å². The lowest BCUT2D eigenvalue weighted by Gasteiger charge is -2.09. The average molecular weight is 309 g/mol. The molecular weight excluding hydrogens is 290 g/mol. The second kappa shape index (κ2) is 5.87. The smallest absolute Gasteiger partial charge is 0.265 e. The van der Waals surface area contributed by atoms with E-state index in [0.717, 1.165) is 5.56 Å². The molecule has 1 aromatic heterocycles. The van der Waals surface area contributed by atoms with Gasteiger partial charge in [0, 0.05) is 19.3 Å². The fourth-order valence-corrected chi connectivity index (χ4v) is 3.72. The number of hydrogen-bond donors (Lipinski definition) is 2. The Bertz CT molecular complexity index is 734. The number of sulfonamides is 1. The lowest BCUT2D eigenvalue weighted by Crippen LogP contribution is -2.15. The third-order valence-electron chi connectivity index (χ3n) is 3.32. The minimum atomic E-state index is -3.66. The number of anilines is 1. The van der Waals surface area contributed by atoms with E-state index >= 15 is 0 Å². The first-order valence-electron chi connectivity index (χ1n) is 6.58. The van der Waals surface area contributed by atoms with Crippen molar-refractivity contribution in [3.8, 4) is 0 Å². The molecule has 0 saturated heterocycles. The summed E-state index contributed by atoms with van der Waals surface area (Å²) in [5.74, 6) is 0. The number of aromatic nitrogens is 2. The van der Waals surface area contributed by atoms with Crippen LogP contribution in [-0.2, 0) is 23.5 Å². The van der Waals surface area contributed by atoms with Crippen LogP contribution in [0.3, 0.4) is 0 Å². The van der Waals surface area contributed by atoms with Gasteiger partial charge in [-0.15, -0.1) is 0 Å². The highest BCUT2D eigenvalue weighted by Crippen LogP contribution is 2.22. The summed E-state index contributed by atoms with van der Waals surface area (Å²) < 4.78 is 29.0. The maximum absolute atomic E-state index is 12.5. The molecule has 7 heteroatoms. The van der Waals surface area contributed by atoms with Gasteiger partial charge in [-0.05, 0) is 38.0 Å². The molecule has 0 spiro atoms. The molecule has 0 amide bonds. The van der Waals surface area contributed by atoms with E-state index in [9.17, 15) is 8.42 Å². The lowest BCUT2D eigenvalue weighted by molar-refractivity contribution is 0.299. The second-order valence-electron chi connectivity index (χ2n) is 4.90. The number of benzene rings is 1. The molecule has 0 fully saturated rings. The molecule has 0 aliphatic rings. The van der Waals surface area contributed by atoms with Crippen molar-refractivity contribution in [2.24, 2.45) is 7.05 Å². The summed E-state index contributed by atoms with van der Waals surface area (Å²) in [6, 6.07) is 6.95. The first-order valence-corrected chi connectivity index (χ1v) is 8.06. The van der Waals surface area contributed by atoms with Crippen molar-refractivity contribution in [1.82, 2.24) is 9.78 Å². The zero-order valence-electron chi connectivity index (χ0n) is 12.3. The Kier molecular flexibility index (Phi) is 4.34. The Balaban J connectivity index is 2.29. The van der Waals surface area contributed by atoms with E-state index in [-0.39, 0.29) is 11.5 Å². The Hall–Kier alpha value is -1.86. The van der Waals surface area contributed by atoms with Crippen molar-refractivity contribution >= 4 is 15.7 Å². The average Bonchev–Trinajstić information content (AvgIpc) is 2.66. The maximum atomic E-state index is 12.5. The van der Waals surface area contributed by atoms with Crippen LogP contribution in [0.5, 0.6) is 0 Å². The van der Waals surface area contributed by atoms with E-state index in [1.165, 1.54) is 0 Å². The summed E-state index contributed by atoms with van der Waals surface area (Å²) in [6.07, 6.45) is 0.549. The van der Waals surface area contributed by atoms with E-state index < -0.39 is 10.0 Å². The summed E-state index contributed by atoms with van der Waals surface area (Å²) in [5, 5.41) is 13.0. The summed E-state index contributed by atoms with van der Waals surface area (Å²) in [4.78, 5) is 0.212. The molecule has 2 aromatic rings. The molecule has 114 valence electrons. The zero-order valence-corrected chi connectivity index (χ0v) is 13.1. The van der Waals surface area contributed by atoms with Gasteiger partial charge in [0.05, 0.1) is 11.4 Å². The third kappa shape index (κ3) is 3.25. The molecular formula is C14H19N3O3S. The van der Waals surface area contributed by atoms with Crippen LogP contribution in [0.4, 0.5) is 5.69 Å². The van der Waals surface area contributed by atoms with Crippen LogP contribution >= 0.6 is 0 Å². The molecule has 0 bridgehead atoms. The van der Waals surface area contributed by atoms with Gasteiger partial charge >= 0.3 is 0 Å². The predicted molar refractivity (Wildman–Crippen MR) is 80.7 cm³/mol. The van der Waals surface area contributed by atoms with Gasteiger partial charge in [0.1, 0.15) is 4.90 Å². The largest absolute Gasteiger partial charge is 0.396 e. The molecule has 0 radical (unpaired) electrons. The summed E-state index contributed by atoms with van der Waals surface area (Å²) in [5.41, 5.74) is 2.50. The summed E-state index contributed by atoms with van der Waals surface area (Å²) in [6.45, 7) is 3.46. The molecule has 1 aromatic carbocycles. The van der Waals surface area contributed by atoms with Crippen molar-refractivity contribution in [1.29, 1.82) is 0 Å². The van der Waals surface area contributed by atoms with E-state index in [4.69, 9.17) is 5.11 Å². The van der Waals surface area contributed by atoms with Gasteiger partial charge < -0.3 is 5.11 Å². The van der Waals surface area contributed by atoms with Crippen molar-refractivity contribution in [2.45, 2.75) is 25.2 Å². The molecule has 0 aliphatic carbocycles. The van der Waals surface area contributed by atoms with Gasteiger partial charge in [-0.2, -0.15) is 5.10 Å². The SMILES string of the molecule is Cc1nn(C)c(C)c1S(=O)(=O)Nc1ccc(CCO)cc1. The van der Waals surface area contributed by atoms with Crippen molar-refractivity contribution in [3.05, 3.63) is 41.2 Å². The molecule has 21 heavy (non-hydrogen) atoms. The molecule has 0 unspecified atom stereocenters. The van der Waals surface area contributed by atoms with E-state index in [2.05, 4.69) is 9.82 Å². The number of nitrogens with one attached hydrogen (secondary N) is 1. The maximum Gasteiger partial charge on any atom is 0.265 e. The minimum absolute atomic E-state index is 0.0686. The molecule has 1 heterocycles. The lowest BCUT2D eigenvalue weighted by atomic mass is 10.1. The number of nitrogens with zero attached hydrogens (tertiary/aromatic N) is 2. The van der Waals surface area contributed by atoms with Crippen molar-refractivity contribution < 1.29 is 13.5 Å². The van der Waals surface area contributed by atoms with Crippen LogP contribution in [0.1, 0.15) is 17.0 Å². The first kappa shape index (κ1) is 15.5. The van der Waals surface area contributed by atoms with Crippen LogP contribution in [0, 0.1) is 13.8 Å². The number of rotatable bonds is 5. The summed E-state index contributed by atoms with van der Waals surface area (Å²) in [7, 11) is -1.95. The van der Waals surface area contributed by atoms with Gasteiger partial charge in [-0.1, -0.05) is 12.1 Å². The van der Waals surface area contributed by atoms with Gasteiger partial charge in [-0.25, -0.2) is 8.42 Å². The third-order valence-corrected chi connectivity index (χ3v) is 4.95. The highest BCUT2D eigenvalue weighted by molar-refractivity contribution is 7.92. The quantitative estimate of drug-likeness (QED) is 0.874. The summed E-state index contributed by atoms with van der Waals surface area (Å²) >= 11 is 0. The molecule has 0 aliphatic heterocycles. The number of aryl methyl sites for hydroxylation is 2. The number of aliphatic hydroxyl groups is 1. The Morgan fingerprint density at radius 2 is 1.86 bits per heavy atom.